The highest BCUT2D eigenvalue weighted by Crippen LogP contribution is 2.37. The number of likely N-dealkylation sites (N-methyl/N-ethyl adjacent to an activating group) is 1. The Morgan fingerprint density at radius 1 is 0.895 bits per heavy atom. The van der Waals surface area contributed by atoms with E-state index in [0.29, 0.717) is 6.54 Å². The van der Waals surface area contributed by atoms with Crippen LogP contribution in [0.2, 0.25) is 0 Å². The minimum atomic E-state index is -0.618. The van der Waals surface area contributed by atoms with Crippen LogP contribution in [-0.4, -0.2) is 60.2 Å². The molecule has 0 saturated carbocycles. The Kier molecular flexibility index (Phi) is 8.72. The van der Waals surface area contributed by atoms with Crippen molar-refractivity contribution in [2.45, 2.75) is 64.3 Å². The average molecular weight is 517 g/mol. The van der Waals surface area contributed by atoms with Crippen LogP contribution in [0.1, 0.15) is 63.7 Å². The third-order valence-corrected chi connectivity index (χ3v) is 6.99. The summed E-state index contributed by atoms with van der Waals surface area (Å²) in [5.41, 5.74) is 1.40. The van der Waals surface area contributed by atoms with Gasteiger partial charge in [0.2, 0.25) is 0 Å². The summed E-state index contributed by atoms with van der Waals surface area (Å²) < 4.78 is 12.3. The van der Waals surface area contributed by atoms with Crippen molar-refractivity contribution in [3.63, 3.8) is 0 Å². The van der Waals surface area contributed by atoms with Gasteiger partial charge in [-0.3, -0.25) is 4.79 Å². The van der Waals surface area contributed by atoms with Gasteiger partial charge in [0.25, 0.3) is 5.91 Å². The second kappa shape index (κ2) is 12.0. The molecule has 1 aliphatic heterocycles. The van der Waals surface area contributed by atoms with Crippen molar-refractivity contribution < 1.29 is 19.1 Å². The molecule has 1 saturated heterocycles. The molecule has 0 spiro atoms. The summed E-state index contributed by atoms with van der Waals surface area (Å²) in [5, 5.41) is 2.26. The fraction of sp³-hybridized carbons (Fsp3) is 0.438. The molecule has 6 heteroatoms. The van der Waals surface area contributed by atoms with E-state index in [1.54, 1.807) is 11.9 Å². The zero-order valence-corrected chi connectivity index (χ0v) is 23.2. The largest absolute Gasteiger partial charge is 0.444 e. The van der Waals surface area contributed by atoms with Gasteiger partial charge in [-0.1, -0.05) is 72.8 Å². The number of carbonyl (C=O) groups excluding carboxylic acids is 2. The highest BCUT2D eigenvalue weighted by atomic mass is 16.6. The summed E-state index contributed by atoms with van der Waals surface area (Å²) in [6, 6.07) is 24.6. The minimum absolute atomic E-state index is 0.0150. The van der Waals surface area contributed by atoms with E-state index < -0.39 is 23.9 Å². The maximum atomic E-state index is 13.2. The van der Waals surface area contributed by atoms with Crippen LogP contribution in [0.5, 0.6) is 0 Å². The van der Waals surface area contributed by atoms with Crippen molar-refractivity contribution in [3.05, 3.63) is 83.9 Å². The van der Waals surface area contributed by atoms with E-state index in [0.717, 1.165) is 47.8 Å². The molecule has 1 heterocycles. The number of benzene rings is 3. The first-order valence-electron chi connectivity index (χ1n) is 13.5. The summed E-state index contributed by atoms with van der Waals surface area (Å²) in [7, 11) is 1.75. The fourth-order valence-electron chi connectivity index (χ4n) is 5.04. The maximum Gasteiger partial charge on any atom is 0.410 e. The Morgan fingerprint density at radius 3 is 2.18 bits per heavy atom. The normalized spacial score (nSPS) is 16.2. The van der Waals surface area contributed by atoms with Gasteiger partial charge in [0.1, 0.15) is 11.7 Å². The Bertz CT molecular complexity index is 1230. The van der Waals surface area contributed by atoms with E-state index in [4.69, 9.17) is 9.47 Å². The third kappa shape index (κ3) is 6.93. The molecule has 1 aliphatic rings. The maximum absolute atomic E-state index is 13.2. The van der Waals surface area contributed by atoms with Crippen LogP contribution in [0, 0.1) is 0 Å². The Hall–Kier alpha value is -3.38. The lowest BCUT2D eigenvalue weighted by Gasteiger charge is -2.34. The van der Waals surface area contributed by atoms with E-state index >= 15 is 0 Å². The zero-order valence-electron chi connectivity index (χ0n) is 23.2. The molecular formula is C32H40N2O4. The molecule has 3 aromatic carbocycles. The Balaban J connectivity index is 1.72. The molecule has 38 heavy (non-hydrogen) atoms. The number of hydrogen-bond donors (Lipinski definition) is 0. The van der Waals surface area contributed by atoms with Gasteiger partial charge >= 0.3 is 6.09 Å². The van der Waals surface area contributed by atoms with Gasteiger partial charge < -0.3 is 19.3 Å². The predicted octanol–water partition coefficient (Wildman–Crippen LogP) is 6.56. The van der Waals surface area contributed by atoms with Crippen molar-refractivity contribution in [2.24, 2.45) is 0 Å². The number of amides is 2. The molecule has 1 fully saturated rings. The number of likely N-dealkylation sites (tertiary alicyclic amines) is 1. The number of ether oxygens (including phenoxy) is 2. The van der Waals surface area contributed by atoms with Crippen LogP contribution < -0.4 is 0 Å². The summed E-state index contributed by atoms with van der Waals surface area (Å²) in [5.74, 6) is -0.227. The summed E-state index contributed by atoms with van der Waals surface area (Å²) in [6.07, 6.45) is 0.593. The van der Waals surface area contributed by atoms with Crippen LogP contribution in [0.3, 0.4) is 0 Å². The van der Waals surface area contributed by atoms with Gasteiger partial charge in [0, 0.05) is 32.6 Å². The van der Waals surface area contributed by atoms with Crippen molar-refractivity contribution >= 4 is 22.8 Å². The lowest BCUT2D eigenvalue weighted by Crippen LogP contribution is -2.40. The highest BCUT2D eigenvalue weighted by molar-refractivity contribution is 5.83. The number of fused-ring (bicyclic) bond motifs is 1. The molecule has 202 valence electrons. The highest BCUT2D eigenvalue weighted by Gasteiger charge is 2.34. The quantitative estimate of drug-likeness (QED) is 0.340. The second-order valence-corrected chi connectivity index (χ2v) is 11.2. The Morgan fingerprint density at radius 2 is 1.53 bits per heavy atom. The van der Waals surface area contributed by atoms with Crippen LogP contribution in [0.4, 0.5) is 4.79 Å². The molecule has 0 radical (unpaired) electrons. The summed E-state index contributed by atoms with van der Waals surface area (Å²) in [4.78, 5) is 29.8. The first-order chi connectivity index (χ1) is 18.1. The molecule has 3 aromatic rings. The molecule has 6 nitrogen and oxygen atoms in total. The average Bonchev–Trinajstić information content (AvgIpc) is 3.44. The molecular weight excluding hydrogens is 476 g/mol. The van der Waals surface area contributed by atoms with Crippen molar-refractivity contribution in [3.8, 4) is 0 Å². The lowest BCUT2D eigenvalue weighted by atomic mass is 9.87. The molecule has 0 N–H and O–H groups in total. The van der Waals surface area contributed by atoms with Crippen molar-refractivity contribution in [2.75, 3.05) is 26.7 Å². The number of rotatable bonds is 8. The van der Waals surface area contributed by atoms with E-state index in [9.17, 15) is 9.59 Å². The molecule has 2 amide bonds. The third-order valence-electron chi connectivity index (χ3n) is 6.99. The molecule has 0 bridgehead atoms. The van der Waals surface area contributed by atoms with Gasteiger partial charge in [-0.2, -0.15) is 0 Å². The molecule has 4 rings (SSSR count). The van der Waals surface area contributed by atoms with Crippen molar-refractivity contribution in [1.82, 2.24) is 9.80 Å². The van der Waals surface area contributed by atoms with E-state index in [-0.39, 0.29) is 11.8 Å². The lowest BCUT2D eigenvalue weighted by molar-refractivity contribution is -0.146. The first-order valence-corrected chi connectivity index (χ1v) is 13.5. The SMILES string of the molecule is C[C@@H](O[C@H](c1ccccc1)[C@@H](CN(C)C(=O)OC(C)(C)C)c1ccc2ccccc2c1)C(=O)N1CCCC1. The summed E-state index contributed by atoms with van der Waals surface area (Å²) in [6.45, 7) is 9.34. The molecule has 0 aliphatic carbocycles. The van der Waals surface area contributed by atoms with E-state index in [2.05, 4.69) is 30.3 Å². The molecule has 0 unspecified atom stereocenters. The van der Waals surface area contributed by atoms with Crippen LogP contribution in [-0.2, 0) is 14.3 Å². The molecule has 0 aromatic heterocycles. The fourth-order valence-corrected chi connectivity index (χ4v) is 5.04. The van der Waals surface area contributed by atoms with Gasteiger partial charge in [-0.05, 0) is 62.4 Å². The smallest absolute Gasteiger partial charge is 0.410 e. The zero-order chi connectivity index (χ0) is 27.3. The van der Waals surface area contributed by atoms with Gasteiger partial charge in [0.05, 0.1) is 6.10 Å². The molecule has 3 atom stereocenters. The van der Waals surface area contributed by atoms with Gasteiger partial charge in [-0.15, -0.1) is 0 Å². The predicted molar refractivity (Wildman–Crippen MR) is 151 cm³/mol. The number of nitrogens with zero attached hydrogens (tertiary/aromatic N) is 2. The van der Waals surface area contributed by atoms with E-state index in [1.807, 2.05) is 75.1 Å². The van der Waals surface area contributed by atoms with Crippen LogP contribution in [0.15, 0.2) is 72.8 Å². The van der Waals surface area contributed by atoms with Crippen LogP contribution >= 0.6 is 0 Å². The number of carbonyl (C=O) groups is 2. The second-order valence-electron chi connectivity index (χ2n) is 11.2. The Labute approximate surface area is 226 Å². The van der Waals surface area contributed by atoms with Crippen molar-refractivity contribution in [1.29, 1.82) is 0 Å². The number of hydrogen-bond acceptors (Lipinski definition) is 4. The van der Waals surface area contributed by atoms with E-state index in [1.165, 1.54) is 0 Å². The summed E-state index contributed by atoms with van der Waals surface area (Å²) >= 11 is 0. The van der Waals surface area contributed by atoms with Gasteiger partial charge in [-0.25, -0.2) is 4.79 Å². The van der Waals surface area contributed by atoms with Gasteiger partial charge in [0.15, 0.2) is 0 Å². The topological polar surface area (TPSA) is 59.1 Å². The monoisotopic (exact) mass is 516 g/mol. The minimum Gasteiger partial charge on any atom is -0.444 e. The first kappa shape index (κ1) is 27.6. The van der Waals surface area contributed by atoms with Crippen LogP contribution in [0.25, 0.3) is 10.8 Å². The standard InChI is InChI=1S/C32H40N2O4/c1-23(30(35)34-19-11-12-20-34)37-29(25-14-7-6-8-15-25)28(22-33(5)31(36)38-32(2,3)4)27-18-17-24-13-9-10-16-26(24)21-27/h6-10,13-18,21,23,28-29H,11-12,19-20,22H2,1-5H3/t23-,28+,29-/m1/s1.